The van der Waals surface area contributed by atoms with Gasteiger partial charge in [0, 0.05) is 0 Å². The predicted molar refractivity (Wildman–Crippen MR) is 56.2 cm³/mol. The number of hydrogen-bond acceptors (Lipinski definition) is 3. The number of aromatic nitrogens is 2. The molecule has 4 heteroatoms. The van der Waals surface area contributed by atoms with Gasteiger partial charge >= 0.3 is 0 Å². The van der Waals surface area contributed by atoms with Crippen LogP contribution in [0.4, 0.5) is 0 Å². The summed E-state index contributed by atoms with van der Waals surface area (Å²) < 4.78 is 5.66. The maximum atomic E-state index is 5.66. The van der Waals surface area contributed by atoms with Crippen molar-refractivity contribution in [1.29, 1.82) is 0 Å². The minimum atomic E-state index is -0.110. The van der Waals surface area contributed by atoms with Gasteiger partial charge in [0.15, 0.2) is 0 Å². The molecule has 0 aliphatic carbocycles. The van der Waals surface area contributed by atoms with E-state index in [0.717, 1.165) is 12.1 Å². The highest BCUT2D eigenvalue weighted by atomic mass is 35.5. The molecule has 0 saturated heterocycles. The van der Waals surface area contributed by atoms with Gasteiger partial charge in [0.05, 0.1) is 30.3 Å². The monoisotopic (exact) mass is 214 g/mol. The Kier molecular flexibility index (Phi) is 3.84. The third kappa shape index (κ3) is 3.60. The molecule has 0 amide bonds. The van der Waals surface area contributed by atoms with E-state index in [9.17, 15) is 0 Å². The fourth-order valence-corrected chi connectivity index (χ4v) is 0.883. The van der Waals surface area contributed by atoms with Crippen LogP contribution < -0.4 is 0 Å². The summed E-state index contributed by atoms with van der Waals surface area (Å²) in [5.41, 5.74) is 0.692. The predicted octanol–water partition coefficient (Wildman–Crippen LogP) is 2.84. The first-order valence-electron chi connectivity index (χ1n) is 4.64. The maximum Gasteiger partial charge on any atom is 0.147 e. The Morgan fingerprint density at radius 3 is 2.57 bits per heavy atom. The van der Waals surface area contributed by atoms with Gasteiger partial charge < -0.3 is 4.74 Å². The zero-order valence-electron chi connectivity index (χ0n) is 8.75. The van der Waals surface area contributed by atoms with E-state index in [1.54, 1.807) is 6.20 Å². The van der Waals surface area contributed by atoms with Crippen molar-refractivity contribution < 1.29 is 4.74 Å². The summed E-state index contributed by atoms with van der Waals surface area (Å²) in [4.78, 5) is 8.02. The van der Waals surface area contributed by atoms with Crippen LogP contribution in [-0.4, -0.2) is 15.6 Å². The van der Waals surface area contributed by atoms with Crippen LogP contribution in [-0.2, 0) is 11.3 Å². The molecule has 0 unspecified atom stereocenters. The van der Waals surface area contributed by atoms with Crippen molar-refractivity contribution in [2.24, 2.45) is 0 Å². The van der Waals surface area contributed by atoms with Gasteiger partial charge in [-0.3, -0.25) is 4.98 Å². The lowest BCUT2D eigenvalue weighted by molar-refractivity contribution is -0.0331. The van der Waals surface area contributed by atoms with Gasteiger partial charge in [0.1, 0.15) is 5.15 Å². The molecule has 0 radical (unpaired) electrons. The van der Waals surface area contributed by atoms with E-state index in [0.29, 0.717) is 11.8 Å². The first-order chi connectivity index (χ1) is 6.53. The second-order valence-electron chi connectivity index (χ2n) is 3.73. The van der Waals surface area contributed by atoms with Crippen molar-refractivity contribution in [1.82, 2.24) is 9.97 Å². The van der Waals surface area contributed by atoms with Gasteiger partial charge in [-0.05, 0) is 20.3 Å². The van der Waals surface area contributed by atoms with E-state index < -0.39 is 0 Å². The first-order valence-corrected chi connectivity index (χ1v) is 5.01. The first kappa shape index (κ1) is 11.4. The van der Waals surface area contributed by atoms with Gasteiger partial charge in [0.25, 0.3) is 0 Å². The molecular formula is C10H15ClN2O. The van der Waals surface area contributed by atoms with E-state index >= 15 is 0 Å². The standard InChI is InChI=1S/C10H15ClN2O/c1-4-10(2,3)14-7-8-5-13-9(11)6-12-8/h5-6H,4,7H2,1-3H3. The Labute approximate surface area is 89.5 Å². The molecule has 1 heterocycles. The fraction of sp³-hybridized carbons (Fsp3) is 0.600. The smallest absolute Gasteiger partial charge is 0.147 e. The molecule has 0 aromatic carbocycles. The molecule has 0 bridgehead atoms. The van der Waals surface area contributed by atoms with E-state index in [2.05, 4.69) is 30.7 Å². The maximum absolute atomic E-state index is 5.66. The number of rotatable bonds is 4. The number of nitrogens with zero attached hydrogens (tertiary/aromatic N) is 2. The molecule has 0 aliphatic rings. The third-order valence-corrected chi connectivity index (χ3v) is 2.33. The molecule has 1 rings (SSSR count). The largest absolute Gasteiger partial charge is 0.369 e. The lowest BCUT2D eigenvalue weighted by Crippen LogP contribution is -2.22. The summed E-state index contributed by atoms with van der Waals surface area (Å²) in [6.45, 7) is 6.67. The average Bonchev–Trinajstić information content (AvgIpc) is 2.17. The lowest BCUT2D eigenvalue weighted by Gasteiger charge is -2.22. The molecule has 3 nitrogen and oxygen atoms in total. The molecule has 14 heavy (non-hydrogen) atoms. The van der Waals surface area contributed by atoms with Crippen molar-refractivity contribution in [2.45, 2.75) is 39.4 Å². The molecular weight excluding hydrogens is 200 g/mol. The van der Waals surface area contributed by atoms with Crippen LogP contribution in [0.1, 0.15) is 32.9 Å². The Morgan fingerprint density at radius 1 is 1.36 bits per heavy atom. The van der Waals surface area contributed by atoms with Crippen LogP contribution in [0.25, 0.3) is 0 Å². The second-order valence-corrected chi connectivity index (χ2v) is 4.12. The number of ether oxygens (including phenoxy) is 1. The molecule has 0 fully saturated rings. The normalized spacial score (nSPS) is 11.7. The zero-order valence-corrected chi connectivity index (χ0v) is 9.51. The summed E-state index contributed by atoms with van der Waals surface area (Å²) >= 11 is 5.61. The van der Waals surface area contributed by atoms with Crippen molar-refractivity contribution in [3.63, 3.8) is 0 Å². The number of halogens is 1. The molecule has 0 spiro atoms. The summed E-state index contributed by atoms with van der Waals surface area (Å²) in [6, 6.07) is 0. The highest BCUT2D eigenvalue weighted by molar-refractivity contribution is 6.29. The van der Waals surface area contributed by atoms with Gasteiger partial charge in [-0.2, -0.15) is 0 Å². The Hall–Kier alpha value is -0.670. The van der Waals surface area contributed by atoms with E-state index in [1.807, 2.05) is 0 Å². The number of hydrogen-bond donors (Lipinski definition) is 0. The van der Waals surface area contributed by atoms with Crippen molar-refractivity contribution in [2.75, 3.05) is 0 Å². The van der Waals surface area contributed by atoms with Crippen LogP contribution >= 0.6 is 11.6 Å². The molecule has 1 aromatic heterocycles. The van der Waals surface area contributed by atoms with Crippen molar-refractivity contribution in [3.05, 3.63) is 23.2 Å². The van der Waals surface area contributed by atoms with Crippen LogP contribution in [0.2, 0.25) is 5.15 Å². The minimum Gasteiger partial charge on any atom is -0.369 e. The van der Waals surface area contributed by atoms with Crippen molar-refractivity contribution in [3.8, 4) is 0 Å². The third-order valence-electron chi connectivity index (χ3n) is 2.14. The lowest BCUT2D eigenvalue weighted by atomic mass is 10.1. The van der Waals surface area contributed by atoms with E-state index in [4.69, 9.17) is 16.3 Å². The summed E-state index contributed by atoms with van der Waals surface area (Å²) in [5, 5.41) is 0.406. The molecule has 0 saturated carbocycles. The van der Waals surface area contributed by atoms with Crippen LogP contribution in [0.15, 0.2) is 12.4 Å². The highest BCUT2D eigenvalue weighted by Crippen LogP contribution is 2.15. The second kappa shape index (κ2) is 4.71. The van der Waals surface area contributed by atoms with Gasteiger partial charge in [-0.15, -0.1) is 0 Å². The molecule has 78 valence electrons. The van der Waals surface area contributed by atoms with E-state index in [1.165, 1.54) is 6.20 Å². The minimum absolute atomic E-state index is 0.110. The summed E-state index contributed by atoms with van der Waals surface area (Å²) in [7, 11) is 0. The molecule has 1 aromatic rings. The average molecular weight is 215 g/mol. The Balaban J connectivity index is 2.50. The van der Waals surface area contributed by atoms with Gasteiger partial charge in [-0.25, -0.2) is 4.98 Å². The summed E-state index contributed by atoms with van der Waals surface area (Å²) in [6.07, 6.45) is 4.13. The quantitative estimate of drug-likeness (QED) is 0.773. The zero-order chi connectivity index (χ0) is 10.6. The van der Waals surface area contributed by atoms with Crippen LogP contribution in [0.3, 0.4) is 0 Å². The van der Waals surface area contributed by atoms with Gasteiger partial charge in [0.2, 0.25) is 0 Å². The Bertz CT molecular complexity index is 285. The Morgan fingerprint density at radius 2 is 2.07 bits per heavy atom. The molecule has 0 atom stereocenters. The van der Waals surface area contributed by atoms with Gasteiger partial charge in [-0.1, -0.05) is 18.5 Å². The molecule has 0 N–H and O–H groups in total. The topological polar surface area (TPSA) is 35.0 Å². The fourth-order valence-electron chi connectivity index (χ4n) is 0.785. The highest BCUT2D eigenvalue weighted by Gasteiger charge is 2.15. The van der Waals surface area contributed by atoms with Crippen molar-refractivity contribution >= 4 is 11.6 Å². The summed E-state index contributed by atoms with van der Waals surface area (Å²) in [5.74, 6) is 0. The SMILES string of the molecule is CCC(C)(C)OCc1cnc(Cl)cn1. The van der Waals surface area contributed by atoms with Crippen LogP contribution in [0, 0.1) is 0 Å². The van der Waals surface area contributed by atoms with E-state index in [-0.39, 0.29) is 5.60 Å². The molecule has 0 aliphatic heterocycles. The van der Waals surface area contributed by atoms with Crippen LogP contribution in [0.5, 0.6) is 0 Å².